The van der Waals surface area contributed by atoms with Gasteiger partial charge in [-0.05, 0) is 45.1 Å². The number of aliphatic carboxylic acids is 1. The maximum absolute atomic E-state index is 14.1. The number of nitrogens with two attached hydrogens (primary N) is 1. The summed E-state index contributed by atoms with van der Waals surface area (Å²) in [5, 5.41) is 22.8. The minimum absolute atomic E-state index is 0.0141. The molecule has 1 aromatic heterocycles. The van der Waals surface area contributed by atoms with Crippen LogP contribution in [0.5, 0.6) is 0 Å². The molecule has 284 valence electrons. The molecule has 8 atom stereocenters. The number of amides is 6. The minimum Gasteiger partial charge on any atom is -0.480 e. The van der Waals surface area contributed by atoms with Crippen LogP contribution in [-0.4, -0.2) is 110 Å². The Balaban J connectivity index is 1.75. The second-order valence-electron chi connectivity index (χ2n) is 13.2. The molecule has 0 spiro atoms. The fourth-order valence-corrected chi connectivity index (χ4v) is 5.69. The normalized spacial score (nSPS) is 18.0. The van der Waals surface area contributed by atoms with Gasteiger partial charge in [0, 0.05) is 31.3 Å². The van der Waals surface area contributed by atoms with Crippen molar-refractivity contribution in [1.82, 2.24) is 41.5 Å². The average Bonchev–Trinajstić information content (AvgIpc) is 3.82. The Labute approximate surface area is 302 Å². The summed E-state index contributed by atoms with van der Waals surface area (Å²) in [6.07, 6.45) is 4.20. The summed E-state index contributed by atoms with van der Waals surface area (Å²) in [4.78, 5) is 99.6. The van der Waals surface area contributed by atoms with Gasteiger partial charge in [0.05, 0.1) is 12.4 Å². The predicted octanol–water partition coefficient (Wildman–Crippen LogP) is -0.872. The number of imidazole rings is 1. The number of benzene rings is 1. The first-order chi connectivity index (χ1) is 24.6. The lowest BCUT2D eigenvalue weighted by atomic mass is 9.97. The number of aromatic nitrogens is 2. The maximum atomic E-state index is 14.1. The Morgan fingerprint density at radius 3 is 2.08 bits per heavy atom. The fraction of sp³-hybridized carbons (Fsp3) is 0.543. The predicted molar refractivity (Wildman–Crippen MR) is 189 cm³/mol. The van der Waals surface area contributed by atoms with E-state index in [1.165, 1.54) is 38.2 Å². The van der Waals surface area contributed by atoms with Gasteiger partial charge in [0.15, 0.2) is 0 Å². The largest absolute Gasteiger partial charge is 0.480 e. The van der Waals surface area contributed by atoms with E-state index in [-0.39, 0.29) is 19.4 Å². The molecule has 1 saturated heterocycles. The number of carbonyl (C=O) groups excluding carboxylic acids is 6. The third-order valence-corrected chi connectivity index (χ3v) is 9.04. The van der Waals surface area contributed by atoms with Gasteiger partial charge >= 0.3 is 5.97 Å². The fourth-order valence-electron chi connectivity index (χ4n) is 5.69. The summed E-state index contributed by atoms with van der Waals surface area (Å²) in [6, 6.07) is 1.45. The summed E-state index contributed by atoms with van der Waals surface area (Å²) < 4.78 is 0. The van der Waals surface area contributed by atoms with E-state index >= 15 is 0 Å². The van der Waals surface area contributed by atoms with Crippen LogP contribution in [0.25, 0.3) is 0 Å². The molecule has 0 saturated carbocycles. The average molecular weight is 726 g/mol. The van der Waals surface area contributed by atoms with Crippen molar-refractivity contribution in [3.05, 3.63) is 54.1 Å². The van der Waals surface area contributed by atoms with Gasteiger partial charge in [0.25, 0.3) is 0 Å². The number of rotatable bonds is 18. The number of nitrogens with one attached hydrogen (secondary N) is 6. The molecule has 0 aliphatic carbocycles. The summed E-state index contributed by atoms with van der Waals surface area (Å²) in [5.41, 5.74) is 6.79. The van der Waals surface area contributed by atoms with Crippen LogP contribution in [0.3, 0.4) is 0 Å². The van der Waals surface area contributed by atoms with Crippen LogP contribution in [0.4, 0.5) is 0 Å². The number of hydrogen-bond donors (Lipinski definition) is 8. The molecule has 6 amide bonds. The van der Waals surface area contributed by atoms with Crippen molar-refractivity contribution in [3.8, 4) is 0 Å². The molecule has 0 unspecified atom stereocenters. The highest BCUT2D eigenvalue weighted by atomic mass is 16.4. The standard InChI is InChI=1S/C35H51N9O8/c1-6-19(2)28(43-31(47)22(5)40-30(46)21(4)39-29(45)20(3)36)33(49)41-25(16-24-17-37-18-38-24)34(50)44-14-10-13-27(44)32(48)42-26(35(51)52)15-23-11-8-7-9-12-23/h7-9,11-12,17-22,25-28H,6,10,13-16,36H2,1-5H3,(H,37,38)(H,39,45)(H,40,46)(H,41,49)(H,42,48)(H,43,47)(H,51,52)/t19-,20-,21-,22-,25-,26-,27-,28-/m0/s1. The Morgan fingerprint density at radius 2 is 1.50 bits per heavy atom. The molecule has 2 heterocycles. The zero-order valence-electron chi connectivity index (χ0n) is 30.2. The van der Waals surface area contributed by atoms with Gasteiger partial charge in [-0.1, -0.05) is 50.6 Å². The molecule has 17 nitrogen and oxygen atoms in total. The number of H-pyrrole nitrogens is 1. The topological polar surface area (TPSA) is 258 Å². The monoisotopic (exact) mass is 725 g/mol. The SMILES string of the molecule is CC[C@H](C)[C@H](NC(=O)[C@H](C)NC(=O)[C@H](C)NC(=O)[C@H](C)N)C(=O)N[C@@H](Cc1cnc[nH]1)C(=O)N1CCC[C@H]1C(=O)N[C@@H](Cc1ccccc1)C(=O)O. The smallest absolute Gasteiger partial charge is 0.326 e. The van der Waals surface area contributed by atoms with Crippen molar-refractivity contribution < 1.29 is 38.7 Å². The second kappa shape index (κ2) is 19.3. The second-order valence-corrected chi connectivity index (χ2v) is 13.2. The minimum atomic E-state index is -1.23. The van der Waals surface area contributed by atoms with E-state index in [0.29, 0.717) is 25.0 Å². The third kappa shape index (κ3) is 11.6. The molecule has 1 fully saturated rings. The van der Waals surface area contributed by atoms with Gasteiger partial charge in [0.1, 0.15) is 36.3 Å². The van der Waals surface area contributed by atoms with Crippen molar-refractivity contribution in [2.75, 3.05) is 6.54 Å². The number of carboxylic acid groups (broad SMARTS) is 1. The van der Waals surface area contributed by atoms with Crippen LogP contribution in [0.15, 0.2) is 42.9 Å². The van der Waals surface area contributed by atoms with Gasteiger partial charge < -0.3 is 47.3 Å². The molecule has 2 aromatic rings. The lowest BCUT2D eigenvalue weighted by Gasteiger charge is -2.31. The van der Waals surface area contributed by atoms with Crippen molar-refractivity contribution in [2.45, 2.75) is 109 Å². The molecule has 0 radical (unpaired) electrons. The van der Waals surface area contributed by atoms with Gasteiger partial charge in [-0.15, -0.1) is 0 Å². The van der Waals surface area contributed by atoms with E-state index in [4.69, 9.17) is 5.73 Å². The zero-order chi connectivity index (χ0) is 38.5. The number of aromatic amines is 1. The molecule has 1 aliphatic heterocycles. The molecule has 0 bridgehead atoms. The lowest BCUT2D eigenvalue weighted by Crippen LogP contribution is -2.60. The number of nitrogens with zero attached hydrogens (tertiary/aromatic N) is 2. The number of carbonyl (C=O) groups is 7. The molecule has 52 heavy (non-hydrogen) atoms. The maximum Gasteiger partial charge on any atom is 0.326 e. The summed E-state index contributed by atoms with van der Waals surface area (Å²) in [5.74, 6) is -5.30. The van der Waals surface area contributed by atoms with Gasteiger partial charge in [-0.25, -0.2) is 9.78 Å². The van der Waals surface area contributed by atoms with Crippen LogP contribution >= 0.6 is 0 Å². The molecule has 17 heteroatoms. The van der Waals surface area contributed by atoms with E-state index in [1.807, 2.05) is 6.92 Å². The van der Waals surface area contributed by atoms with E-state index < -0.39 is 89.6 Å². The summed E-state index contributed by atoms with van der Waals surface area (Å²) >= 11 is 0. The number of carboxylic acids is 1. The Bertz CT molecular complexity index is 1550. The quantitative estimate of drug-likeness (QED) is 0.0942. The zero-order valence-corrected chi connectivity index (χ0v) is 30.2. The van der Waals surface area contributed by atoms with Crippen molar-refractivity contribution in [2.24, 2.45) is 11.7 Å². The van der Waals surface area contributed by atoms with E-state index in [9.17, 15) is 38.7 Å². The highest BCUT2D eigenvalue weighted by Gasteiger charge is 2.40. The first-order valence-corrected chi connectivity index (χ1v) is 17.4. The summed E-state index contributed by atoms with van der Waals surface area (Å²) in [6.45, 7) is 8.12. The van der Waals surface area contributed by atoms with Crippen LogP contribution in [0.2, 0.25) is 0 Å². The molecular weight excluding hydrogens is 674 g/mol. The molecule has 3 rings (SSSR count). The molecule has 1 aromatic carbocycles. The van der Waals surface area contributed by atoms with Gasteiger partial charge in [-0.3, -0.25) is 28.8 Å². The van der Waals surface area contributed by atoms with E-state index in [2.05, 4.69) is 36.6 Å². The molecule has 9 N–H and O–H groups in total. The van der Waals surface area contributed by atoms with E-state index in [1.54, 1.807) is 37.3 Å². The van der Waals surface area contributed by atoms with Gasteiger partial charge in [-0.2, -0.15) is 0 Å². The molecular formula is C35H51N9O8. The van der Waals surface area contributed by atoms with Crippen LogP contribution < -0.4 is 32.3 Å². The van der Waals surface area contributed by atoms with Crippen LogP contribution in [0, 0.1) is 5.92 Å². The third-order valence-electron chi connectivity index (χ3n) is 9.04. The van der Waals surface area contributed by atoms with Crippen molar-refractivity contribution >= 4 is 41.4 Å². The summed E-state index contributed by atoms with van der Waals surface area (Å²) in [7, 11) is 0. The van der Waals surface area contributed by atoms with Gasteiger partial charge in [0.2, 0.25) is 35.4 Å². The lowest BCUT2D eigenvalue weighted by molar-refractivity contribution is -0.145. The molecule has 1 aliphatic rings. The Kier molecular flexibility index (Phi) is 15.3. The van der Waals surface area contributed by atoms with Crippen LogP contribution in [0.1, 0.15) is 65.1 Å². The van der Waals surface area contributed by atoms with Crippen molar-refractivity contribution in [3.63, 3.8) is 0 Å². The van der Waals surface area contributed by atoms with Crippen molar-refractivity contribution in [1.29, 1.82) is 0 Å². The first-order valence-electron chi connectivity index (χ1n) is 17.4. The Morgan fingerprint density at radius 1 is 0.865 bits per heavy atom. The highest BCUT2D eigenvalue weighted by molar-refractivity contribution is 5.97. The Hall–Kier alpha value is -5.32. The number of likely N-dealkylation sites (tertiary alicyclic amines) is 1. The number of hydrogen-bond acceptors (Lipinski definition) is 9. The van der Waals surface area contributed by atoms with E-state index in [0.717, 1.165) is 5.56 Å². The van der Waals surface area contributed by atoms with Crippen LogP contribution in [-0.2, 0) is 46.4 Å². The first kappa shape index (κ1) is 41.1. The highest BCUT2D eigenvalue weighted by Crippen LogP contribution is 2.21.